The van der Waals surface area contributed by atoms with Crippen LogP contribution in [0.1, 0.15) is 28.4 Å². The number of anilines is 1. The number of para-hydroxylation sites is 1. The van der Waals surface area contributed by atoms with Crippen molar-refractivity contribution in [1.29, 1.82) is 0 Å². The second-order valence-electron chi connectivity index (χ2n) is 7.06. The van der Waals surface area contributed by atoms with Gasteiger partial charge in [0.15, 0.2) is 5.76 Å². The highest BCUT2D eigenvalue weighted by molar-refractivity contribution is 7.10. The van der Waals surface area contributed by atoms with Gasteiger partial charge in [0.05, 0.1) is 12.3 Å². The van der Waals surface area contributed by atoms with Crippen molar-refractivity contribution in [2.75, 3.05) is 31.1 Å². The minimum atomic E-state index is -0.165. The van der Waals surface area contributed by atoms with Gasteiger partial charge in [-0.2, -0.15) is 0 Å². The molecule has 0 radical (unpaired) electrons. The first-order valence-electron chi connectivity index (χ1n) is 9.64. The summed E-state index contributed by atoms with van der Waals surface area (Å²) in [6.45, 7) is 5.95. The summed E-state index contributed by atoms with van der Waals surface area (Å²) in [6, 6.07) is 18.3. The molecule has 4 rings (SSSR count). The van der Waals surface area contributed by atoms with Crippen LogP contribution in [-0.2, 0) is 0 Å². The van der Waals surface area contributed by atoms with Gasteiger partial charge in [0.25, 0.3) is 5.91 Å². The summed E-state index contributed by atoms with van der Waals surface area (Å²) in [4.78, 5) is 18.7. The molecule has 3 heterocycles. The lowest BCUT2D eigenvalue weighted by atomic mass is 10.0. The number of hydrogen-bond donors (Lipinski definition) is 1. The molecule has 0 saturated carbocycles. The molecule has 1 aromatic carbocycles. The number of thiophene rings is 1. The molecule has 1 aliphatic heterocycles. The molecular formula is C22H25N3O2S. The van der Waals surface area contributed by atoms with E-state index >= 15 is 0 Å². The number of rotatable bonds is 6. The summed E-state index contributed by atoms with van der Waals surface area (Å²) in [6.07, 6.45) is 1.53. The van der Waals surface area contributed by atoms with Crippen LogP contribution in [0.2, 0.25) is 0 Å². The van der Waals surface area contributed by atoms with E-state index in [4.69, 9.17) is 4.42 Å². The molecule has 0 unspecified atom stereocenters. The van der Waals surface area contributed by atoms with Crippen LogP contribution in [-0.4, -0.2) is 43.0 Å². The van der Waals surface area contributed by atoms with Gasteiger partial charge in [-0.15, -0.1) is 11.3 Å². The Bertz CT molecular complexity index is 857. The largest absolute Gasteiger partial charge is 0.459 e. The van der Waals surface area contributed by atoms with Crippen LogP contribution in [0.25, 0.3) is 0 Å². The van der Waals surface area contributed by atoms with Crippen LogP contribution < -0.4 is 10.2 Å². The third-order valence-corrected chi connectivity index (χ3v) is 6.18. The van der Waals surface area contributed by atoms with Crippen LogP contribution in [0.15, 0.2) is 70.7 Å². The summed E-state index contributed by atoms with van der Waals surface area (Å²) in [5.74, 6) is 0.188. The fourth-order valence-electron chi connectivity index (χ4n) is 3.86. The average Bonchev–Trinajstić information content (AvgIpc) is 3.44. The lowest BCUT2D eigenvalue weighted by molar-refractivity contribution is 0.0863. The number of nitrogens with zero attached hydrogens (tertiary/aromatic N) is 2. The smallest absolute Gasteiger partial charge is 0.287 e. The van der Waals surface area contributed by atoms with E-state index in [2.05, 4.69) is 69.9 Å². The number of furan rings is 1. The van der Waals surface area contributed by atoms with Crippen LogP contribution in [0, 0.1) is 0 Å². The second-order valence-corrected chi connectivity index (χ2v) is 8.04. The van der Waals surface area contributed by atoms with Gasteiger partial charge in [-0.25, -0.2) is 0 Å². The van der Waals surface area contributed by atoms with Crippen LogP contribution >= 0.6 is 11.3 Å². The maximum absolute atomic E-state index is 12.5. The topological polar surface area (TPSA) is 48.7 Å². The molecule has 0 aliphatic carbocycles. The number of benzene rings is 1. The van der Waals surface area contributed by atoms with Crippen LogP contribution in [0.5, 0.6) is 0 Å². The van der Waals surface area contributed by atoms with E-state index in [1.807, 2.05) is 0 Å². The molecule has 1 fully saturated rings. The fourth-order valence-corrected chi connectivity index (χ4v) is 4.83. The zero-order valence-electron chi connectivity index (χ0n) is 16.0. The highest BCUT2D eigenvalue weighted by Gasteiger charge is 2.31. The summed E-state index contributed by atoms with van der Waals surface area (Å²) in [5, 5.41) is 5.23. The Morgan fingerprint density at radius 3 is 2.46 bits per heavy atom. The van der Waals surface area contributed by atoms with Gasteiger partial charge in [0.1, 0.15) is 0 Å². The standard InChI is InChI=1S/C22H25N3O2S/c1-17(23-22(26)19-9-5-15-27-19)21(20-10-6-16-28-20)25-13-11-24(12-14-25)18-7-3-2-4-8-18/h2-10,15-17,21H,11-14H2,1H3,(H,23,26)/t17-,21-/m1/s1. The van der Waals surface area contributed by atoms with Gasteiger partial charge in [-0.3, -0.25) is 9.69 Å². The number of hydrogen-bond acceptors (Lipinski definition) is 5. The first-order valence-corrected chi connectivity index (χ1v) is 10.5. The molecule has 3 aromatic rings. The molecule has 0 bridgehead atoms. The monoisotopic (exact) mass is 395 g/mol. The highest BCUT2D eigenvalue weighted by atomic mass is 32.1. The Kier molecular flexibility index (Phi) is 5.78. The molecule has 146 valence electrons. The first kappa shape index (κ1) is 18.8. The van der Waals surface area contributed by atoms with Crippen LogP contribution in [0.3, 0.4) is 0 Å². The van der Waals surface area contributed by atoms with E-state index in [-0.39, 0.29) is 18.0 Å². The van der Waals surface area contributed by atoms with Crippen molar-refractivity contribution < 1.29 is 9.21 Å². The summed E-state index contributed by atoms with van der Waals surface area (Å²) < 4.78 is 5.25. The van der Waals surface area contributed by atoms with Crippen molar-refractivity contribution in [1.82, 2.24) is 10.2 Å². The third-order valence-electron chi connectivity index (χ3n) is 5.24. The van der Waals surface area contributed by atoms with E-state index in [0.717, 1.165) is 26.2 Å². The third kappa shape index (κ3) is 4.13. The van der Waals surface area contributed by atoms with Crippen molar-refractivity contribution in [2.45, 2.75) is 19.0 Å². The maximum Gasteiger partial charge on any atom is 0.287 e. The zero-order valence-corrected chi connectivity index (χ0v) is 16.8. The molecule has 5 nitrogen and oxygen atoms in total. The van der Waals surface area contributed by atoms with Gasteiger partial charge in [-0.05, 0) is 42.6 Å². The highest BCUT2D eigenvalue weighted by Crippen LogP contribution is 2.30. The Morgan fingerprint density at radius 1 is 1.04 bits per heavy atom. The minimum absolute atomic E-state index is 0.0282. The van der Waals surface area contributed by atoms with Gasteiger partial charge >= 0.3 is 0 Å². The number of carbonyl (C=O) groups is 1. The minimum Gasteiger partial charge on any atom is -0.459 e. The van der Waals surface area contributed by atoms with E-state index in [9.17, 15) is 4.79 Å². The van der Waals surface area contributed by atoms with E-state index < -0.39 is 0 Å². The average molecular weight is 396 g/mol. The van der Waals surface area contributed by atoms with Crippen molar-refractivity contribution in [3.05, 3.63) is 76.9 Å². The molecule has 28 heavy (non-hydrogen) atoms. The van der Waals surface area contributed by atoms with E-state index in [0.29, 0.717) is 5.76 Å². The fraction of sp³-hybridized carbons (Fsp3) is 0.318. The molecule has 1 saturated heterocycles. The van der Waals surface area contributed by atoms with Crippen molar-refractivity contribution in [2.24, 2.45) is 0 Å². The van der Waals surface area contributed by atoms with Gasteiger partial charge < -0.3 is 14.6 Å². The molecule has 0 spiro atoms. The number of nitrogens with one attached hydrogen (secondary N) is 1. The number of carbonyl (C=O) groups excluding carboxylic acids is 1. The number of piperazine rings is 1. The normalized spacial score (nSPS) is 17.2. The summed E-state index contributed by atoms with van der Waals surface area (Å²) >= 11 is 1.74. The van der Waals surface area contributed by atoms with Gasteiger partial charge in [0.2, 0.25) is 0 Å². The predicted molar refractivity (Wildman–Crippen MR) is 113 cm³/mol. The first-order chi connectivity index (χ1) is 13.7. The predicted octanol–water partition coefficient (Wildman–Crippen LogP) is 4.02. The lowest BCUT2D eigenvalue weighted by Crippen LogP contribution is -2.52. The molecule has 2 atom stereocenters. The lowest BCUT2D eigenvalue weighted by Gasteiger charge is -2.42. The van der Waals surface area contributed by atoms with Gasteiger partial charge in [0, 0.05) is 42.8 Å². The molecule has 2 aromatic heterocycles. The van der Waals surface area contributed by atoms with Crippen LogP contribution in [0.4, 0.5) is 5.69 Å². The molecule has 1 aliphatic rings. The Morgan fingerprint density at radius 2 is 1.82 bits per heavy atom. The van der Waals surface area contributed by atoms with Crippen molar-refractivity contribution in [3.8, 4) is 0 Å². The zero-order chi connectivity index (χ0) is 19.3. The molecule has 1 N–H and O–H groups in total. The molecule has 1 amide bonds. The second kappa shape index (κ2) is 8.63. The van der Waals surface area contributed by atoms with Crippen molar-refractivity contribution >= 4 is 22.9 Å². The Balaban J connectivity index is 1.46. The SMILES string of the molecule is C[C@@H](NC(=O)c1ccco1)[C@H](c1cccs1)N1CCN(c2ccccc2)CC1. The maximum atomic E-state index is 12.5. The Hall–Kier alpha value is -2.57. The quantitative estimate of drug-likeness (QED) is 0.685. The summed E-state index contributed by atoms with van der Waals surface area (Å²) in [5.41, 5.74) is 1.27. The number of amides is 1. The molecular weight excluding hydrogens is 370 g/mol. The van der Waals surface area contributed by atoms with Gasteiger partial charge in [-0.1, -0.05) is 24.3 Å². The van der Waals surface area contributed by atoms with E-state index in [1.54, 1.807) is 23.5 Å². The molecule has 6 heteroatoms. The Labute approximate surface area is 169 Å². The summed E-state index contributed by atoms with van der Waals surface area (Å²) in [7, 11) is 0. The van der Waals surface area contributed by atoms with Crippen molar-refractivity contribution in [3.63, 3.8) is 0 Å². The van der Waals surface area contributed by atoms with E-state index in [1.165, 1.54) is 16.8 Å².